The first kappa shape index (κ1) is 21.4. The number of benzene rings is 2. The van der Waals surface area contributed by atoms with Crippen molar-refractivity contribution >= 4 is 34.4 Å². The summed E-state index contributed by atoms with van der Waals surface area (Å²) in [6.45, 7) is -0.326. The lowest BCUT2D eigenvalue weighted by atomic mass is 10.1. The molecule has 2 heterocycles. The van der Waals surface area contributed by atoms with Gasteiger partial charge in [-0.2, -0.15) is 0 Å². The second-order valence-corrected chi connectivity index (χ2v) is 7.37. The van der Waals surface area contributed by atoms with E-state index in [1.807, 2.05) is 30.3 Å². The molecule has 0 aliphatic heterocycles. The van der Waals surface area contributed by atoms with Crippen LogP contribution in [0.4, 0.5) is 10.1 Å². The molecule has 162 valence electrons. The lowest BCUT2D eigenvalue weighted by Crippen LogP contribution is -2.42. The van der Waals surface area contributed by atoms with Crippen molar-refractivity contribution < 1.29 is 9.18 Å². The first-order valence-corrected chi connectivity index (χ1v) is 10.0. The maximum atomic E-state index is 13.2. The molecule has 1 amide bonds. The van der Waals surface area contributed by atoms with Crippen LogP contribution in [0, 0.1) is 5.82 Å². The SMILES string of the molecule is O=C(Cn1c(=O)n(CCc2ccccc2)c(=O)c2nccnc21)Nc1ccc(F)cc1Cl. The summed E-state index contributed by atoms with van der Waals surface area (Å²) in [5.41, 5.74) is -0.134. The summed E-state index contributed by atoms with van der Waals surface area (Å²) < 4.78 is 15.4. The van der Waals surface area contributed by atoms with Gasteiger partial charge in [-0.05, 0) is 30.2 Å². The number of fused-ring (bicyclic) bond motifs is 1. The number of aromatic nitrogens is 4. The van der Waals surface area contributed by atoms with E-state index in [1.54, 1.807) is 0 Å². The highest BCUT2D eigenvalue weighted by Gasteiger charge is 2.18. The molecule has 0 atom stereocenters. The van der Waals surface area contributed by atoms with E-state index < -0.39 is 29.5 Å². The standard InChI is InChI=1S/C22H17ClFN5O3/c23-16-12-15(24)6-7-17(16)27-18(30)13-29-20-19(25-9-10-26-20)21(31)28(22(29)32)11-8-14-4-2-1-3-5-14/h1-7,9-10,12H,8,11,13H2,(H,27,30). The Morgan fingerprint density at radius 1 is 1.03 bits per heavy atom. The van der Waals surface area contributed by atoms with Gasteiger partial charge in [0.05, 0.1) is 10.7 Å². The van der Waals surface area contributed by atoms with Crippen molar-refractivity contribution in [3.8, 4) is 0 Å². The number of halogens is 2. The average Bonchev–Trinajstić information content (AvgIpc) is 2.79. The Kier molecular flexibility index (Phi) is 6.09. The van der Waals surface area contributed by atoms with Crippen LogP contribution in [0.15, 0.2) is 70.5 Å². The van der Waals surface area contributed by atoms with Crippen molar-refractivity contribution in [3.63, 3.8) is 0 Å². The van der Waals surface area contributed by atoms with Crippen LogP contribution in [0.25, 0.3) is 11.2 Å². The first-order chi connectivity index (χ1) is 15.4. The molecule has 1 N–H and O–H groups in total. The second-order valence-electron chi connectivity index (χ2n) is 6.96. The third-order valence-electron chi connectivity index (χ3n) is 4.82. The number of anilines is 1. The van der Waals surface area contributed by atoms with Gasteiger partial charge in [-0.25, -0.2) is 19.2 Å². The predicted molar refractivity (Wildman–Crippen MR) is 118 cm³/mol. The molecule has 2 aromatic heterocycles. The van der Waals surface area contributed by atoms with Crippen LogP contribution in [0.3, 0.4) is 0 Å². The molecule has 32 heavy (non-hydrogen) atoms. The highest BCUT2D eigenvalue weighted by molar-refractivity contribution is 6.33. The van der Waals surface area contributed by atoms with Gasteiger partial charge in [0, 0.05) is 18.9 Å². The average molecular weight is 454 g/mol. The van der Waals surface area contributed by atoms with Crippen LogP contribution in [0.1, 0.15) is 5.56 Å². The minimum absolute atomic E-state index is 0.00110. The molecule has 0 aliphatic rings. The third-order valence-corrected chi connectivity index (χ3v) is 5.13. The Bertz CT molecular complexity index is 1420. The zero-order chi connectivity index (χ0) is 22.7. The van der Waals surface area contributed by atoms with Gasteiger partial charge in [0.15, 0.2) is 11.2 Å². The van der Waals surface area contributed by atoms with Gasteiger partial charge >= 0.3 is 5.69 Å². The monoisotopic (exact) mass is 453 g/mol. The van der Waals surface area contributed by atoms with E-state index in [2.05, 4.69) is 15.3 Å². The van der Waals surface area contributed by atoms with Gasteiger partial charge in [-0.3, -0.25) is 18.7 Å². The number of amides is 1. The van der Waals surface area contributed by atoms with Crippen LogP contribution < -0.4 is 16.6 Å². The lowest BCUT2D eigenvalue weighted by Gasteiger charge is -2.13. The van der Waals surface area contributed by atoms with Crippen LogP contribution >= 0.6 is 11.6 Å². The van der Waals surface area contributed by atoms with Crippen molar-refractivity contribution in [2.75, 3.05) is 5.32 Å². The molecule has 0 fully saturated rings. The Labute approximate surface area is 185 Å². The van der Waals surface area contributed by atoms with Crippen LogP contribution in [-0.4, -0.2) is 25.0 Å². The molecule has 0 unspecified atom stereocenters. The van der Waals surface area contributed by atoms with E-state index in [9.17, 15) is 18.8 Å². The van der Waals surface area contributed by atoms with Crippen LogP contribution in [-0.2, 0) is 24.3 Å². The van der Waals surface area contributed by atoms with E-state index in [1.165, 1.54) is 18.5 Å². The fourth-order valence-electron chi connectivity index (χ4n) is 3.28. The Balaban J connectivity index is 1.69. The normalized spacial score (nSPS) is 10.9. The Hall–Kier alpha value is -3.85. The fraction of sp³-hybridized carbons (Fsp3) is 0.136. The maximum absolute atomic E-state index is 13.2. The third kappa shape index (κ3) is 4.42. The summed E-state index contributed by atoms with van der Waals surface area (Å²) in [4.78, 5) is 46.8. The van der Waals surface area contributed by atoms with Gasteiger partial charge in [-0.1, -0.05) is 41.9 Å². The van der Waals surface area contributed by atoms with Gasteiger partial charge in [0.1, 0.15) is 12.4 Å². The molecule has 8 nitrogen and oxygen atoms in total. The molecule has 10 heteroatoms. The summed E-state index contributed by atoms with van der Waals surface area (Å²) >= 11 is 5.96. The summed E-state index contributed by atoms with van der Waals surface area (Å²) in [6, 6.07) is 12.9. The molecule has 0 spiro atoms. The van der Waals surface area contributed by atoms with Crippen LogP contribution in [0.2, 0.25) is 5.02 Å². The number of aryl methyl sites for hydroxylation is 1. The van der Waals surface area contributed by atoms with E-state index in [0.717, 1.165) is 26.8 Å². The van der Waals surface area contributed by atoms with Crippen molar-refractivity contribution in [1.29, 1.82) is 0 Å². The highest BCUT2D eigenvalue weighted by Crippen LogP contribution is 2.22. The molecule has 4 aromatic rings. The molecule has 2 aromatic carbocycles. The largest absolute Gasteiger partial charge is 0.333 e. The van der Waals surface area contributed by atoms with Gasteiger partial charge in [-0.15, -0.1) is 0 Å². The second kappa shape index (κ2) is 9.11. The number of rotatable bonds is 6. The zero-order valence-corrected chi connectivity index (χ0v) is 17.4. The van der Waals surface area contributed by atoms with Crippen molar-refractivity contribution in [2.24, 2.45) is 0 Å². The molecule has 4 rings (SSSR count). The first-order valence-electron chi connectivity index (χ1n) is 9.67. The van der Waals surface area contributed by atoms with Gasteiger partial charge < -0.3 is 5.32 Å². The number of nitrogens with one attached hydrogen (secondary N) is 1. The highest BCUT2D eigenvalue weighted by atomic mass is 35.5. The molecule has 0 radical (unpaired) electrons. The number of carbonyl (C=O) groups excluding carboxylic acids is 1. The summed E-state index contributed by atoms with van der Waals surface area (Å²) in [5.74, 6) is -1.14. The topological polar surface area (TPSA) is 98.9 Å². The molecular weight excluding hydrogens is 437 g/mol. The lowest BCUT2D eigenvalue weighted by molar-refractivity contribution is -0.116. The van der Waals surface area contributed by atoms with Crippen molar-refractivity contribution in [2.45, 2.75) is 19.5 Å². The predicted octanol–water partition coefficient (Wildman–Crippen LogP) is 2.63. The smallest absolute Gasteiger partial charge is 0.323 e. The number of hydrogen-bond acceptors (Lipinski definition) is 5. The summed E-state index contributed by atoms with van der Waals surface area (Å²) in [5, 5.41) is 2.55. The quantitative estimate of drug-likeness (QED) is 0.484. The molecule has 0 aliphatic carbocycles. The van der Waals surface area contributed by atoms with E-state index in [0.29, 0.717) is 6.42 Å². The number of nitrogens with zero attached hydrogens (tertiary/aromatic N) is 4. The Morgan fingerprint density at radius 2 is 1.78 bits per heavy atom. The van der Waals surface area contributed by atoms with E-state index in [-0.39, 0.29) is 28.4 Å². The molecular formula is C22H17ClFN5O3. The van der Waals surface area contributed by atoms with Crippen molar-refractivity contribution in [1.82, 2.24) is 19.1 Å². The van der Waals surface area contributed by atoms with Crippen molar-refractivity contribution in [3.05, 3.63) is 98.2 Å². The summed E-state index contributed by atoms with van der Waals surface area (Å²) in [7, 11) is 0. The zero-order valence-electron chi connectivity index (χ0n) is 16.7. The fourth-order valence-corrected chi connectivity index (χ4v) is 3.49. The number of hydrogen-bond donors (Lipinski definition) is 1. The van der Waals surface area contributed by atoms with Gasteiger partial charge in [0.25, 0.3) is 5.56 Å². The maximum Gasteiger partial charge on any atom is 0.333 e. The minimum atomic E-state index is -0.681. The van der Waals surface area contributed by atoms with Crippen LogP contribution in [0.5, 0.6) is 0 Å². The molecule has 0 bridgehead atoms. The number of carbonyl (C=O) groups is 1. The van der Waals surface area contributed by atoms with E-state index >= 15 is 0 Å². The molecule has 0 saturated carbocycles. The van der Waals surface area contributed by atoms with E-state index in [4.69, 9.17) is 11.6 Å². The Morgan fingerprint density at radius 3 is 2.53 bits per heavy atom. The van der Waals surface area contributed by atoms with Gasteiger partial charge in [0.2, 0.25) is 5.91 Å². The molecule has 0 saturated heterocycles. The summed E-state index contributed by atoms with van der Waals surface area (Å²) in [6.07, 6.45) is 3.12. The minimum Gasteiger partial charge on any atom is -0.323 e.